The first-order valence-electron chi connectivity index (χ1n) is 11.6. The lowest BCUT2D eigenvalue weighted by Gasteiger charge is -2.38. The van der Waals surface area contributed by atoms with Crippen LogP contribution in [0.2, 0.25) is 0 Å². The van der Waals surface area contributed by atoms with Gasteiger partial charge in [-0.1, -0.05) is 0 Å². The van der Waals surface area contributed by atoms with Gasteiger partial charge in [0, 0.05) is 19.8 Å². The van der Waals surface area contributed by atoms with Gasteiger partial charge in [-0.15, -0.1) is 0 Å². The molecule has 3 nitrogen and oxygen atoms in total. The second kappa shape index (κ2) is 16.1. The molecule has 248 valence electrons. The topological polar surface area (TPSA) is 27.7 Å². The Hall–Kier alpha value is -1.09. The summed E-state index contributed by atoms with van der Waals surface area (Å²) in [5, 5.41) is 0. The molecule has 0 saturated carbocycles. The third kappa shape index (κ3) is 8.73. The van der Waals surface area contributed by atoms with Crippen LogP contribution in [0.1, 0.15) is 20.8 Å². The lowest BCUT2D eigenvalue weighted by atomic mass is 9.93. The van der Waals surface area contributed by atoms with E-state index in [9.17, 15) is 74.6 Å². The van der Waals surface area contributed by atoms with E-state index in [1.807, 2.05) is 0 Å². The molecule has 11 unspecified atom stereocenters. The average Bonchev–Trinajstić information content (AvgIpc) is 2.92. The van der Waals surface area contributed by atoms with Crippen molar-refractivity contribution >= 4 is 8.80 Å². The van der Waals surface area contributed by atoms with E-state index in [0.717, 1.165) is 20.8 Å². The van der Waals surface area contributed by atoms with Gasteiger partial charge >= 0.3 is 20.6 Å². The van der Waals surface area contributed by atoms with Crippen molar-refractivity contribution in [3.05, 3.63) is 0 Å². The summed E-state index contributed by atoms with van der Waals surface area (Å²) < 4.78 is 248. The first-order valence-corrected chi connectivity index (χ1v) is 13.4. The zero-order valence-corrected chi connectivity index (χ0v) is 22.2. The van der Waals surface area contributed by atoms with Crippen molar-refractivity contribution in [3.8, 4) is 0 Å². The van der Waals surface area contributed by atoms with Crippen molar-refractivity contribution < 1.29 is 87.9 Å². The van der Waals surface area contributed by atoms with E-state index in [4.69, 9.17) is 0 Å². The fourth-order valence-corrected chi connectivity index (χ4v) is 5.79. The fraction of sp³-hybridized carbons (Fsp3) is 1.00. The van der Waals surface area contributed by atoms with Gasteiger partial charge in [-0.25, -0.2) is 57.1 Å². The van der Waals surface area contributed by atoms with Crippen LogP contribution in [-0.4, -0.2) is 114 Å². The van der Waals surface area contributed by atoms with Crippen LogP contribution >= 0.6 is 0 Å². The summed E-state index contributed by atoms with van der Waals surface area (Å²) in [5.74, 6) is -17.3. The molecule has 0 aliphatic carbocycles. The number of hydrogen-bond acceptors (Lipinski definition) is 3. The molecule has 21 heteroatoms. The summed E-state index contributed by atoms with van der Waals surface area (Å²) in [6, 6.07) is 0. The highest BCUT2D eigenvalue weighted by molar-refractivity contribution is 6.62. The summed E-state index contributed by atoms with van der Waals surface area (Å²) in [5.41, 5.74) is 0. The molecule has 0 fully saturated rings. The third-order valence-corrected chi connectivity index (χ3v) is 8.47. The van der Waals surface area contributed by atoms with Crippen LogP contribution < -0.4 is 0 Å². The van der Waals surface area contributed by atoms with Crippen LogP contribution in [0.25, 0.3) is 0 Å². The second-order valence-electron chi connectivity index (χ2n) is 8.25. The highest BCUT2D eigenvalue weighted by atomic mass is 28.4. The minimum Gasteiger partial charge on any atom is -0.372 e. The monoisotopic (exact) mass is 666 g/mol. The molecule has 0 aliphatic heterocycles. The molecule has 0 bridgehead atoms. The molecule has 0 N–H and O–H groups in total. The predicted molar refractivity (Wildman–Crippen MR) is 110 cm³/mol. The minimum atomic E-state index is -6.61. The van der Waals surface area contributed by atoms with Crippen molar-refractivity contribution in [2.45, 2.75) is 107 Å². The van der Waals surface area contributed by atoms with Crippen molar-refractivity contribution in [2.24, 2.45) is 0 Å². The van der Waals surface area contributed by atoms with Gasteiger partial charge in [0.15, 0.2) is 55.5 Å². The van der Waals surface area contributed by atoms with Crippen LogP contribution in [0.5, 0.6) is 0 Å². The molecule has 0 aromatic carbocycles. The lowest BCUT2D eigenvalue weighted by Crippen LogP contribution is -2.68. The molecule has 0 amide bonds. The van der Waals surface area contributed by atoms with Gasteiger partial charge in [-0.2, -0.15) is 17.6 Å². The molecule has 0 aliphatic rings. The van der Waals surface area contributed by atoms with Gasteiger partial charge in [0.2, 0.25) is 12.0 Å². The number of rotatable bonds is 20. The van der Waals surface area contributed by atoms with E-state index in [2.05, 4.69) is 13.3 Å². The smallest absolute Gasteiger partial charge is 0.372 e. The van der Waals surface area contributed by atoms with Gasteiger partial charge < -0.3 is 13.3 Å². The van der Waals surface area contributed by atoms with E-state index in [1.54, 1.807) is 0 Å². The molecular weight excluding hydrogens is 639 g/mol. The fourth-order valence-electron chi connectivity index (χ4n) is 3.25. The SMILES string of the molecule is CCO[Si](OCC)(OCC)C(F)C(F)(F)C(F)(F)C(F)C(F)C(F)C(F)C(F)C(F)C(F)C(F)C(F)C(F)C(F)F. The number of halogens is 17. The zero-order valence-electron chi connectivity index (χ0n) is 21.2. The van der Waals surface area contributed by atoms with Crippen molar-refractivity contribution in [1.82, 2.24) is 0 Å². The molecule has 11 atom stereocenters. The standard InChI is InChI=1S/C20H27F17O3Si/c1-4-38-41(39-5-2,40-6-3)18(33)20(36,37)19(34,35)16(30)14(28)12(26)10(24)8(22)7(21)9(23)11(25)13(27)15(29)17(31)32/h7-18H,4-6H2,1-3H3. The average molecular weight is 666 g/mol. The summed E-state index contributed by atoms with van der Waals surface area (Å²) in [6.07, 6.45) is -49.7. The third-order valence-electron chi connectivity index (χ3n) is 5.41. The molecule has 0 heterocycles. The number of hydrogen-bond donors (Lipinski definition) is 0. The van der Waals surface area contributed by atoms with Crippen molar-refractivity contribution in [2.75, 3.05) is 19.8 Å². The Balaban J connectivity index is 5.95. The highest BCUT2D eigenvalue weighted by Gasteiger charge is 2.76. The van der Waals surface area contributed by atoms with Gasteiger partial charge in [-0.3, -0.25) is 0 Å². The van der Waals surface area contributed by atoms with E-state index in [0.29, 0.717) is 0 Å². The molecule has 0 aromatic rings. The Bertz CT molecular complexity index is 739. The molecule has 41 heavy (non-hydrogen) atoms. The van der Waals surface area contributed by atoms with Crippen molar-refractivity contribution in [1.29, 1.82) is 0 Å². The van der Waals surface area contributed by atoms with Crippen LogP contribution in [0.3, 0.4) is 0 Å². The summed E-state index contributed by atoms with van der Waals surface area (Å²) in [6.45, 7) is 1.08. The maximum absolute atomic E-state index is 14.8. The maximum Gasteiger partial charge on any atom is 0.543 e. The summed E-state index contributed by atoms with van der Waals surface area (Å²) >= 11 is 0. The quantitative estimate of drug-likeness (QED) is 0.105. The van der Waals surface area contributed by atoms with Crippen LogP contribution in [-0.2, 0) is 13.3 Å². The lowest BCUT2D eigenvalue weighted by molar-refractivity contribution is -0.271. The first kappa shape index (κ1) is 39.9. The van der Waals surface area contributed by atoms with Gasteiger partial charge in [0.1, 0.15) is 0 Å². The molecule has 0 aromatic heterocycles. The van der Waals surface area contributed by atoms with Crippen molar-refractivity contribution in [3.63, 3.8) is 0 Å². The molecule has 0 radical (unpaired) electrons. The highest BCUT2D eigenvalue weighted by Crippen LogP contribution is 2.47. The van der Waals surface area contributed by atoms with Crippen LogP contribution in [0, 0.1) is 0 Å². The molecule has 0 spiro atoms. The zero-order chi connectivity index (χ0) is 32.7. The summed E-state index contributed by atoms with van der Waals surface area (Å²) in [4.78, 5) is 0. The summed E-state index contributed by atoms with van der Waals surface area (Å²) in [7, 11) is -5.50. The first-order chi connectivity index (χ1) is 18.6. The molecular formula is C20H27F17O3Si. The van der Waals surface area contributed by atoms with E-state index in [1.165, 1.54) is 0 Å². The Labute approximate surface area is 224 Å². The Morgan fingerprint density at radius 1 is 0.439 bits per heavy atom. The van der Waals surface area contributed by atoms with E-state index in [-0.39, 0.29) is 0 Å². The van der Waals surface area contributed by atoms with Gasteiger partial charge in [0.05, 0.1) is 0 Å². The van der Waals surface area contributed by atoms with Crippen LogP contribution in [0.15, 0.2) is 0 Å². The maximum atomic E-state index is 14.8. The Morgan fingerprint density at radius 2 is 0.707 bits per heavy atom. The van der Waals surface area contributed by atoms with Gasteiger partial charge in [-0.05, 0) is 20.8 Å². The Kier molecular flexibility index (Phi) is 15.7. The second-order valence-corrected chi connectivity index (χ2v) is 10.8. The molecule has 0 rings (SSSR count). The molecule has 0 saturated heterocycles. The minimum absolute atomic E-state index is 0.690. The largest absolute Gasteiger partial charge is 0.543 e. The van der Waals surface area contributed by atoms with E-state index >= 15 is 0 Å². The Morgan fingerprint density at radius 3 is 0.976 bits per heavy atom. The van der Waals surface area contributed by atoms with E-state index < -0.39 is 114 Å². The predicted octanol–water partition coefficient (Wildman–Crippen LogP) is 6.83. The normalized spacial score (nSPS) is 21.9. The number of alkyl halides is 17. The van der Waals surface area contributed by atoms with Gasteiger partial charge in [0.25, 0.3) is 6.43 Å². The van der Waals surface area contributed by atoms with Crippen LogP contribution in [0.4, 0.5) is 74.6 Å².